The summed E-state index contributed by atoms with van der Waals surface area (Å²) < 4.78 is 5.44. The number of benzene rings is 2. The van der Waals surface area contributed by atoms with Crippen molar-refractivity contribution in [3.8, 4) is 0 Å². The highest BCUT2D eigenvalue weighted by molar-refractivity contribution is 5.87. The Morgan fingerprint density at radius 2 is 1.50 bits per heavy atom. The van der Waals surface area contributed by atoms with Gasteiger partial charge in [-0.05, 0) is 54.5 Å². The van der Waals surface area contributed by atoms with E-state index in [0.29, 0.717) is 24.2 Å². The van der Waals surface area contributed by atoms with Crippen LogP contribution in [0.15, 0.2) is 104 Å². The van der Waals surface area contributed by atoms with E-state index in [1.165, 1.54) is 11.1 Å². The van der Waals surface area contributed by atoms with Gasteiger partial charge in [0.2, 0.25) is 5.91 Å². The number of hydrogen-bond acceptors (Lipinski definition) is 8. The Morgan fingerprint density at radius 3 is 2.10 bits per heavy atom. The zero-order chi connectivity index (χ0) is 35.9. The second-order valence-corrected chi connectivity index (χ2v) is 12.7. The Labute approximate surface area is 293 Å². The van der Waals surface area contributed by atoms with Gasteiger partial charge in [0, 0.05) is 31.0 Å². The van der Waals surface area contributed by atoms with Gasteiger partial charge in [0.1, 0.15) is 12.6 Å². The average molecular weight is 682 g/mol. The summed E-state index contributed by atoms with van der Waals surface area (Å²) in [4.78, 5) is 49.7. The highest BCUT2D eigenvalue weighted by atomic mass is 16.5. The van der Waals surface area contributed by atoms with Crippen LogP contribution >= 0.6 is 0 Å². The lowest BCUT2D eigenvalue weighted by atomic mass is 9.93. The van der Waals surface area contributed by atoms with Gasteiger partial charge >= 0.3 is 12.1 Å². The molecule has 4 atom stereocenters. The number of hydrogen-bond donors (Lipinski definition) is 5. The fourth-order valence-electron chi connectivity index (χ4n) is 5.44. The van der Waals surface area contributed by atoms with E-state index >= 15 is 0 Å². The molecule has 50 heavy (non-hydrogen) atoms. The number of nitrogen functional groups attached to an aromatic ring is 1. The van der Waals surface area contributed by atoms with E-state index in [1.54, 1.807) is 43.7 Å². The minimum absolute atomic E-state index is 0.0223. The molecular weight excluding hydrogens is 634 g/mol. The summed E-state index contributed by atoms with van der Waals surface area (Å²) in [5, 5.41) is 20.5. The van der Waals surface area contributed by atoms with Crippen molar-refractivity contribution in [1.82, 2.24) is 30.8 Å². The first-order valence-electron chi connectivity index (χ1n) is 16.7. The number of carbonyl (C=O) groups excluding carboxylic acids is 3. The van der Waals surface area contributed by atoms with Gasteiger partial charge in [0.05, 0.1) is 36.3 Å². The molecule has 0 aliphatic carbocycles. The molecule has 0 aliphatic rings. The molecule has 0 aliphatic heterocycles. The molecule has 12 nitrogen and oxygen atoms in total. The number of aliphatic hydroxyl groups excluding tert-OH is 1. The van der Waals surface area contributed by atoms with Crippen LogP contribution in [0.1, 0.15) is 42.7 Å². The maximum absolute atomic E-state index is 13.8. The van der Waals surface area contributed by atoms with Crippen LogP contribution in [0.5, 0.6) is 0 Å². The number of pyridine rings is 2. The van der Waals surface area contributed by atoms with Gasteiger partial charge in [-0.15, -0.1) is 0 Å². The number of nitrogens with one attached hydrogen (secondary N) is 3. The highest BCUT2D eigenvalue weighted by Crippen LogP contribution is 2.16. The topological polar surface area (TPSA) is 172 Å². The summed E-state index contributed by atoms with van der Waals surface area (Å²) in [7, 11) is 1.62. The van der Waals surface area contributed by atoms with Crippen molar-refractivity contribution >= 4 is 23.7 Å². The molecule has 0 spiro atoms. The summed E-state index contributed by atoms with van der Waals surface area (Å²) in [5.74, 6) is -0.629. The summed E-state index contributed by atoms with van der Waals surface area (Å²) in [6.45, 7) is 3.95. The van der Waals surface area contributed by atoms with Crippen LogP contribution < -0.4 is 21.7 Å². The van der Waals surface area contributed by atoms with Crippen LogP contribution in [0, 0.1) is 5.92 Å². The van der Waals surface area contributed by atoms with E-state index in [9.17, 15) is 19.5 Å². The Balaban J connectivity index is 1.47. The summed E-state index contributed by atoms with van der Waals surface area (Å²) in [6.07, 6.45) is 3.88. The molecule has 264 valence electrons. The van der Waals surface area contributed by atoms with Crippen LogP contribution in [0.2, 0.25) is 0 Å². The van der Waals surface area contributed by atoms with Crippen LogP contribution in [-0.2, 0) is 35.5 Å². The second kappa shape index (κ2) is 18.9. The molecule has 4 rings (SSSR count). The zero-order valence-electron chi connectivity index (χ0n) is 28.7. The molecule has 0 saturated heterocycles. The van der Waals surface area contributed by atoms with Gasteiger partial charge < -0.3 is 36.4 Å². The van der Waals surface area contributed by atoms with Gasteiger partial charge in [-0.2, -0.15) is 0 Å². The van der Waals surface area contributed by atoms with Crippen molar-refractivity contribution < 1.29 is 24.2 Å². The first-order valence-corrected chi connectivity index (χ1v) is 16.7. The van der Waals surface area contributed by atoms with Gasteiger partial charge in [-0.3, -0.25) is 14.8 Å². The van der Waals surface area contributed by atoms with Crippen LogP contribution in [0.3, 0.4) is 0 Å². The van der Waals surface area contributed by atoms with Crippen LogP contribution in [-0.4, -0.2) is 69.3 Å². The second-order valence-electron chi connectivity index (χ2n) is 12.7. The maximum Gasteiger partial charge on any atom is 0.407 e. The van der Waals surface area contributed by atoms with E-state index in [2.05, 4.69) is 25.9 Å². The molecule has 0 fully saturated rings. The highest BCUT2D eigenvalue weighted by Gasteiger charge is 2.31. The zero-order valence-corrected chi connectivity index (χ0v) is 28.7. The van der Waals surface area contributed by atoms with Crippen LogP contribution in [0.25, 0.3) is 0 Å². The lowest BCUT2D eigenvalue weighted by Gasteiger charge is -2.30. The first-order chi connectivity index (χ1) is 24.1. The molecule has 0 unspecified atom stereocenters. The Morgan fingerprint density at radius 1 is 0.840 bits per heavy atom. The number of ether oxygens (including phenoxy) is 1. The molecular formula is C38H47N7O5. The van der Waals surface area contributed by atoms with Crippen molar-refractivity contribution in [3.63, 3.8) is 0 Å². The van der Waals surface area contributed by atoms with Crippen molar-refractivity contribution in [3.05, 3.63) is 126 Å². The molecule has 4 amide bonds. The fraction of sp³-hybridized carbons (Fsp3) is 0.342. The van der Waals surface area contributed by atoms with Crippen molar-refractivity contribution in [2.75, 3.05) is 12.8 Å². The quantitative estimate of drug-likeness (QED) is 0.117. The number of aromatic nitrogens is 2. The molecule has 2 heterocycles. The third-order valence-corrected chi connectivity index (χ3v) is 8.18. The number of aliphatic hydroxyl groups is 1. The minimum atomic E-state index is -1.07. The predicted molar refractivity (Wildman–Crippen MR) is 191 cm³/mol. The number of carbonyl (C=O) groups is 3. The molecule has 12 heteroatoms. The van der Waals surface area contributed by atoms with E-state index in [4.69, 9.17) is 10.5 Å². The summed E-state index contributed by atoms with van der Waals surface area (Å²) in [5.41, 5.74) is 9.50. The third kappa shape index (κ3) is 12.2. The first kappa shape index (κ1) is 37.3. The average Bonchev–Trinajstić information content (AvgIpc) is 3.11. The normalized spacial score (nSPS) is 13.4. The third-order valence-electron chi connectivity index (χ3n) is 8.18. The predicted octanol–water partition coefficient (Wildman–Crippen LogP) is 4.24. The maximum atomic E-state index is 13.8. The van der Waals surface area contributed by atoms with Gasteiger partial charge in [0.15, 0.2) is 0 Å². The molecule has 0 saturated carbocycles. The van der Waals surface area contributed by atoms with Crippen LogP contribution in [0.4, 0.5) is 15.3 Å². The lowest BCUT2D eigenvalue weighted by Crippen LogP contribution is -2.55. The van der Waals surface area contributed by atoms with E-state index in [0.717, 1.165) is 16.7 Å². The standard InChI is InChI=1S/C38H47N7O5/c1-26(2)35(44-37(48)45(3)24-31-17-16-30(39)23-41-31)36(47)42-32(19-27-11-6-4-7-12-27)21-34(46)33(20-28-13-8-5-9-14-28)43-38(49)50-25-29-15-10-18-40-22-29/h4-18,22-23,26,32-35,46H,19-21,24-25,39H2,1-3H3,(H,42,47)(H,43,49)(H,44,48)/t32-,33-,34-,35-/m0/s1. The van der Waals surface area contributed by atoms with Gasteiger partial charge in [-0.1, -0.05) is 80.6 Å². The Hall–Kier alpha value is -5.49. The van der Waals surface area contributed by atoms with Gasteiger partial charge in [-0.25, -0.2) is 9.59 Å². The number of nitrogens with two attached hydrogens (primary N) is 1. The number of rotatable bonds is 16. The number of urea groups is 1. The fourth-order valence-corrected chi connectivity index (χ4v) is 5.44. The van der Waals surface area contributed by atoms with E-state index < -0.39 is 36.4 Å². The smallest absolute Gasteiger partial charge is 0.407 e. The number of anilines is 1. The number of nitrogens with zero attached hydrogens (tertiary/aromatic N) is 3. The lowest BCUT2D eigenvalue weighted by molar-refractivity contribution is -0.124. The van der Waals surface area contributed by atoms with Gasteiger partial charge in [0.25, 0.3) is 0 Å². The summed E-state index contributed by atoms with van der Waals surface area (Å²) in [6, 6.07) is 23.6. The Bertz CT molecular complexity index is 1630. The van der Waals surface area contributed by atoms with E-state index in [-0.39, 0.29) is 31.4 Å². The molecule has 2 aromatic carbocycles. The van der Waals surface area contributed by atoms with Crippen molar-refractivity contribution in [2.45, 2.75) is 70.5 Å². The largest absolute Gasteiger partial charge is 0.445 e. The summed E-state index contributed by atoms with van der Waals surface area (Å²) >= 11 is 0. The van der Waals surface area contributed by atoms with Crippen molar-refractivity contribution in [2.24, 2.45) is 5.92 Å². The SMILES string of the molecule is CC(C)[C@H](NC(=O)N(C)Cc1ccc(N)cn1)C(=O)N[C@@H](Cc1ccccc1)C[C@H](O)[C@H](Cc1ccccc1)NC(=O)OCc1cccnc1. The molecule has 4 aromatic rings. The molecule has 6 N–H and O–H groups in total. The number of amides is 4. The monoisotopic (exact) mass is 681 g/mol. The molecule has 0 radical (unpaired) electrons. The number of alkyl carbamates (subject to hydrolysis) is 1. The molecule has 2 aromatic heterocycles. The molecule has 0 bridgehead atoms. The Kier molecular flexibility index (Phi) is 14.1. The van der Waals surface area contributed by atoms with E-state index in [1.807, 2.05) is 74.5 Å². The minimum Gasteiger partial charge on any atom is -0.445 e. The van der Waals surface area contributed by atoms with Crippen molar-refractivity contribution in [1.29, 1.82) is 0 Å².